The van der Waals surface area contributed by atoms with Crippen LogP contribution in [0.25, 0.3) is 17.1 Å². The maximum atomic E-state index is 14.7. The number of rotatable bonds is 4. The van der Waals surface area contributed by atoms with Gasteiger partial charge in [-0.1, -0.05) is 31.0 Å². The number of nitrogens with zero attached hydrogens (tertiary/aromatic N) is 3. The molecule has 4 N–H and O–H groups in total. The second-order valence-corrected chi connectivity index (χ2v) is 10.4. The van der Waals surface area contributed by atoms with E-state index < -0.39 is 23.9 Å². The van der Waals surface area contributed by atoms with Gasteiger partial charge in [-0.25, -0.2) is 18.9 Å². The van der Waals surface area contributed by atoms with Crippen molar-refractivity contribution in [2.45, 2.75) is 39.2 Å². The van der Waals surface area contributed by atoms with Crippen LogP contribution in [0.2, 0.25) is 5.02 Å². The van der Waals surface area contributed by atoms with E-state index in [-0.39, 0.29) is 28.1 Å². The summed E-state index contributed by atoms with van der Waals surface area (Å²) in [5.74, 6) is -1.06. The molecule has 2 aromatic heterocycles. The maximum absolute atomic E-state index is 14.7. The number of imidazole rings is 1. The molecule has 4 aromatic rings. The molecule has 0 spiro atoms. The summed E-state index contributed by atoms with van der Waals surface area (Å²) in [5, 5.41) is 12.8. The lowest BCUT2D eigenvalue weighted by Crippen LogP contribution is -2.29. The van der Waals surface area contributed by atoms with E-state index in [1.54, 1.807) is 37.4 Å². The molecule has 0 unspecified atom stereocenters. The van der Waals surface area contributed by atoms with E-state index in [2.05, 4.69) is 30.8 Å². The Hall–Kier alpha value is -4.71. The number of fused-ring (bicyclic) bond motifs is 4. The van der Waals surface area contributed by atoms with Gasteiger partial charge in [0, 0.05) is 23.4 Å². The molecule has 42 heavy (non-hydrogen) atoms. The monoisotopic (exact) mass is 593 g/mol. The number of hydrogen-bond acceptors (Lipinski definition) is 6. The number of ether oxygens (including phenoxy) is 1. The largest absolute Gasteiger partial charge is 0.453 e. The maximum Gasteiger partial charge on any atom is 0.411 e. The zero-order chi connectivity index (χ0) is 30.0. The van der Waals surface area contributed by atoms with Gasteiger partial charge in [-0.05, 0) is 50.1 Å². The fourth-order valence-electron chi connectivity index (χ4n) is 4.83. The van der Waals surface area contributed by atoms with Gasteiger partial charge < -0.3 is 20.4 Å². The SMILES string of the molecule is COC(=O)Nc1ccc2c(c1)NC(=O)[C@H](C)CCC[C@@H](NC(=O)c1cnn(-c3cccc(Cl)c3F)c1C)c1c[nH]c-2n1. The van der Waals surface area contributed by atoms with E-state index in [0.29, 0.717) is 53.4 Å². The minimum absolute atomic E-state index is 0.0450. The Labute approximate surface area is 245 Å². The van der Waals surface area contributed by atoms with E-state index >= 15 is 0 Å². The van der Waals surface area contributed by atoms with E-state index in [4.69, 9.17) is 16.6 Å². The highest BCUT2D eigenvalue weighted by atomic mass is 35.5. The number of amides is 3. The fraction of sp³-hybridized carbons (Fsp3) is 0.276. The summed E-state index contributed by atoms with van der Waals surface area (Å²) in [6, 6.07) is 9.12. The van der Waals surface area contributed by atoms with Crippen LogP contribution in [0.1, 0.15) is 54.0 Å². The van der Waals surface area contributed by atoms with Crippen molar-refractivity contribution >= 4 is 40.9 Å². The fourth-order valence-corrected chi connectivity index (χ4v) is 5.00. The number of carbonyl (C=O) groups is 3. The molecule has 1 aliphatic heterocycles. The summed E-state index contributed by atoms with van der Waals surface area (Å²) < 4.78 is 20.7. The molecule has 0 saturated carbocycles. The van der Waals surface area contributed by atoms with Gasteiger partial charge in [0.15, 0.2) is 5.82 Å². The van der Waals surface area contributed by atoms with Crippen molar-refractivity contribution in [3.63, 3.8) is 0 Å². The first kappa shape index (κ1) is 28.8. The molecule has 1 aliphatic rings. The second kappa shape index (κ2) is 12.0. The molecule has 2 bridgehead atoms. The van der Waals surface area contributed by atoms with Crippen molar-refractivity contribution in [1.82, 2.24) is 25.1 Å². The number of halogens is 2. The first-order valence-electron chi connectivity index (χ1n) is 13.3. The van der Waals surface area contributed by atoms with Crippen molar-refractivity contribution < 1.29 is 23.5 Å². The van der Waals surface area contributed by atoms with Crippen LogP contribution in [-0.4, -0.2) is 44.8 Å². The number of carbonyl (C=O) groups excluding carboxylic acids is 3. The zero-order valence-electron chi connectivity index (χ0n) is 23.1. The van der Waals surface area contributed by atoms with Crippen LogP contribution in [-0.2, 0) is 9.53 Å². The summed E-state index contributed by atoms with van der Waals surface area (Å²) in [7, 11) is 1.26. The third kappa shape index (κ3) is 5.84. The topological polar surface area (TPSA) is 143 Å². The van der Waals surface area contributed by atoms with Gasteiger partial charge in [0.1, 0.15) is 11.5 Å². The van der Waals surface area contributed by atoms with Crippen LogP contribution in [0.3, 0.4) is 0 Å². The Bertz CT molecular complexity index is 1670. The average Bonchev–Trinajstić information content (AvgIpc) is 3.60. The van der Waals surface area contributed by atoms with Gasteiger partial charge in [-0.2, -0.15) is 5.10 Å². The predicted octanol–water partition coefficient (Wildman–Crippen LogP) is 5.77. The third-order valence-electron chi connectivity index (χ3n) is 7.22. The van der Waals surface area contributed by atoms with Crippen LogP contribution in [0.15, 0.2) is 48.8 Å². The number of methoxy groups -OCH3 is 1. The first-order valence-corrected chi connectivity index (χ1v) is 13.7. The molecule has 13 heteroatoms. The summed E-state index contributed by atoms with van der Waals surface area (Å²) >= 11 is 5.94. The lowest BCUT2D eigenvalue weighted by molar-refractivity contribution is -0.119. The van der Waals surface area contributed by atoms with Crippen LogP contribution in [0.4, 0.5) is 20.6 Å². The van der Waals surface area contributed by atoms with Gasteiger partial charge in [0.25, 0.3) is 5.91 Å². The van der Waals surface area contributed by atoms with Crippen molar-refractivity contribution in [3.8, 4) is 17.1 Å². The molecule has 0 saturated heterocycles. The van der Waals surface area contributed by atoms with Gasteiger partial charge in [0.2, 0.25) is 5.91 Å². The van der Waals surface area contributed by atoms with E-state index in [1.165, 1.54) is 30.1 Å². The van der Waals surface area contributed by atoms with E-state index in [1.807, 2.05) is 6.92 Å². The lowest BCUT2D eigenvalue weighted by atomic mass is 9.98. The van der Waals surface area contributed by atoms with Gasteiger partial charge in [-0.15, -0.1) is 0 Å². The average molecular weight is 594 g/mol. The smallest absolute Gasteiger partial charge is 0.411 e. The second-order valence-electron chi connectivity index (χ2n) is 10.0. The number of aromatic amines is 1. The quantitative estimate of drug-likeness (QED) is 0.236. The Morgan fingerprint density at radius 2 is 2.02 bits per heavy atom. The van der Waals surface area contributed by atoms with E-state index in [9.17, 15) is 18.8 Å². The number of benzene rings is 2. The number of H-pyrrole nitrogens is 1. The standard InChI is InChI=1S/C29H29ClFN7O4/c1-15-6-4-8-21(36-28(40)19-13-33-38(16(19)2)24-9-5-7-20(30)25(24)31)23-14-32-26(35-23)18-11-10-17(34-29(41)42-3)12-22(18)37-27(15)39/h5,7,9-15,21H,4,6,8H2,1-3H3,(H,32,35)(H,34,41)(H,36,40)(H,37,39)/t15-,21-/m1/s1. The van der Waals surface area contributed by atoms with Crippen LogP contribution in [0.5, 0.6) is 0 Å². The summed E-state index contributed by atoms with van der Waals surface area (Å²) in [4.78, 5) is 46.1. The number of aromatic nitrogens is 4. The minimum Gasteiger partial charge on any atom is -0.453 e. The molecule has 0 fully saturated rings. The first-order chi connectivity index (χ1) is 20.2. The third-order valence-corrected chi connectivity index (χ3v) is 7.51. The summed E-state index contributed by atoms with van der Waals surface area (Å²) in [6.45, 7) is 3.51. The normalized spacial score (nSPS) is 16.8. The molecule has 0 radical (unpaired) electrons. The lowest BCUT2D eigenvalue weighted by Gasteiger charge is -2.20. The molecule has 2 atom stereocenters. The molecule has 11 nitrogen and oxygen atoms in total. The van der Waals surface area contributed by atoms with Gasteiger partial charge in [-0.3, -0.25) is 14.9 Å². The van der Waals surface area contributed by atoms with Crippen molar-refractivity contribution in [2.24, 2.45) is 5.92 Å². The summed E-state index contributed by atoms with van der Waals surface area (Å²) in [5.41, 5.74) is 2.96. The van der Waals surface area contributed by atoms with Crippen molar-refractivity contribution in [3.05, 3.63) is 76.6 Å². The number of anilines is 2. The molecule has 0 aliphatic carbocycles. The highest BCUT2D eigenvalue weighted by Gasteiger charge is 2.25. The predicted molar refractivity (Wildman–Crippen MR) is 155 cm³/mol. The molecule has 3 amide bonds. The molecule has 3 heterocycles. The minimum atomic E-state index is -0.639. The molecule has 5 rings (SSSR count). The van der Waals surface area contributed by atoms with Gasteiger partial charge in [0.05, 0.1) is 47.0 Å². The molecule has 218 valence electrons. The molecule has 2 aromatic carbocycles. The highest BCUT2D eigenvalue weighted by Crippen LogP contribution is 2.32. The van der Waals surface area contributed by atoms with E-state index in [0.717, 1.165) is 0 Å². The van der Waals surface area contributed by atoms with Crippen LogP contribution >= 0.6 is 11.6 Å². The van der Waals surface area contributed by atoms with Crippen LogP contribution < -0.4 is 16.0 Å². The van der Waals surface area contributed by atoms with Gasteiger partial charge >= 0.3 is 6.09 Å². The number of nitrogens with one attached hydrogen (secondary N) is 4. The number of hydrogen-bond donors (Lipinski definition) is 4. The van der Waals surface area contributed by atoms with Crippen LogP contribution in [0, 0.1) is 18.7 Å². The zero-order valence-corrected chi connectivity index (χ0v) is 23.9. The molecular weight excluding hydrogens is 565 g/mol. The van der Waals surface area contributed by atoms with Crippen molar-refractivity contribution in [2.75, 3.05) is 17.7 Å². The Morgan fingerprint density at radius 1 is 1.21 bits per heavy atom. The highest BCUT2D eigenvalue weighted by molar-refractivity contribution is 6.30. The Morgan fingerprint density at radius 3 is 2.81 bits per heavy atom. The summed E-state index contributed by atoms with van der Waals surface area (Å²) in [6.07, 6.45) is 4.18. The van der Waals surface area contributed by atoms with Crippen molar-refractivity contribution in [1.29, 1.82) is 0 Å². The molecular formula is C29H29ClFN7O4. The Kier molecular flexibility index (Phi) is 8.25. The Balaban J connectivity index is 1.45.